The zero-order valence-corrected chi connectivity index (χ0v) is 15.5. The van der Waals surface area contributed by atoms with E-state index in [1.165, 1.54) is 11.8 Å². The van der Waals surface area contributed by atoms with Crippen LogP contribution in [0.3, 0.4) is 0 Å². The number of aliphatic carboxylic acids is 1. The molecule has 0 atom stereocenters. The minimum atomic E-state index is -0.844. The minimum Gasteiger partial charge on any atom is -0.508 e. The highest BCUT2D eigenvalue weighted by atomic mass is 35.5. The number of rotatable bonds is 6. The van der Waals surface area contributed by atoms with Crippen LogP contribution in [0.5, 0.6) is 5.75 Å². The molecule has 0 amide bonds. The van der Waals surface area contributed by atoms with Gasteiger partial charge >= 0.3 is 5.97 Å². The van der Waals surface area contributed by atoms with Gasteiger partial charge in [-0.2, -0.15) is 0 Å². The third kappa shape index (κ3) is 4.68. The molecule has 0 saturated carbocycles. The number of carboxylic acids is 1. The van der Waals surface area contributed by atoms with E-state index in [1.807, 2.05) is 45.0 Å². The normalized spacial score (nSPS) is 11.0. The van der Waals surface area contributed by atoms with E-state index in [-0.39, 0.29) is 11.7 Å². The first-order valence-electron chi connectivity index (χ1n) is 7.73. The van der Waals surface area contributed by atoms with E-state index in [2.05, 4.69) is 0 Å². The zero-order valence-electron chi connectivity index (χ0n) is 14.0. The van der Waals surface area contributed by atoms with Gasteiger partial charge in [-0.05, 0) is 59.7 Å². The molecule has 2 N–H and O–H groups in total. The van der Waals surface area contributed by atoms with Gasteiger partial charge in [0, 0.05) is 9.92 Å². The summed E-state index contributed by atoms with van der Waals surface area (Å²) < 4.78 is 0. The lowest BCUT2D eigenvalue weighted by atomic mass is 9.95. The molecule has 0 unspecified atom stereocenters. The highest BCUT2D eigenvalue weighted by Gasteiger charge is 2.12. The van der Waals surface area contributed by atoms with Crippen LogP contribution >= 0.6 is 23.4 Å². The van der Waals surface area contributed by atoms with Crippen molar-refractivity contribution in [2.45, 2.75) is 38.0 Å². The standard InChI is InChI=1S/C19H21ClO3S/c1-11(2)15-7-13(4-5-18(15)21)8-16-12(3)6-14(9-17(16)20)24-10-19(22)23/h4-7,9,11,21H,8,10H2,1-3H3,(H,22,23). The molecule has 0 saturated heterocycles. The summed E-state index contributed by atoms with van der Waals surface area (Å²) in [4.78, 5) is 11.5. The number of thioether (sulfide) groups is 1. The highest BCUT2D eigenvalue weighted by Crippen LogP contribution is 2.32. The molecule has 0 aliphatic carbocycles. The van der Waals surface area contributed by atoms with E-state index < -0.39 is 5.97 Å². The van der Waals surface area contributed by atoms with E-state index in [0.29, 0.717) is 17.2 Å². The minimum absolute atomic E-state index is 0.0187. The molecule has 5 heteroatoms. The number of carboxylic acid groups (broad SMARTS) is 1. The highest BCUT2D eigenvalue weighted by molar-refractivity contribution is 8.00. The average molecular weight is 365 g/mol. The summed E-state index contributed by atoms with van der Waals surface area (Å²) in [5.74, 6) is -0.262. The maximum Gasteiger partial charge on any atom is 0.313 e. The largest absolute Gasteiger partial charge is 0.508 e. The van der Waals surface area contributed by atoms with Gasteiger partial charge in [-0.25, -0.2) is 0 Å². The lowest BCUT2D eigenvalue weighted by Gasteiger charge is -2.14. The van der Waals surface area contributed by atoms with Crippen LogP contribution in [0, 0.1) is 6.92 Å². The average Bonchev–Trinajstić information content (AvgIpc) is 2.50. The fourth-order valence-electron chi connectivity index (χ4n) is 2.58. The van der Waals surface area contributed by atoms with E-state index in [1.54, 1.807) is 6.07 Å². The first-order valence-corrected chi connectivity index (χ1v) is 9.09. The third-order valence-corrected chi connectivity index (χ3v) is 5.15. The summed E-state index contributed by atoms with van der Waals surface area (Å²) in [6.07, 6.45) is 0.675. The number of phenolic OH excluding ortho intramolecular Hbond substituents is 1. The fourth-order valence-corrected chi connectivity index (χ4v) is 3.72. The van der Waals surface area contributed by atoms with Crippen molar-refractivity contribution in [2.24, 2.45) is 0 Å². The van der Waals surface area contributed by atoms with Crippen molar-refractivity contribution < 1.29 is 15.0 Å². The van der Waals surface area contributed by atoms with E-state index in [4.69, 9.17) is 16.7 Å². The van der Waals surface area contributed by atoms with Gasteiger partial charge in [0.15, 0.2) is 0 Å². The second kappa shape index (κ2) is 7.95. The zero-order chi connectivity index (χ0) is 17.9. The Balaban J connectivity index is 2.27. The van der Waals surface area contributed by atoms with Crippen molar-refractivity contribution in [3.8, 4) is 5.75 Å². The third-order valence-electron chi connectivity index (χ3n) is 3.85. The van der Waals surface area contributed by atoms with Crippen LogP contribution in [0.1, 0.15) is 42.0 Å². The molecule has 0 radical (unpaired) electrons. The molecule has 2 aromatic rings. The molecule has 24 heavy (non-hydrogen) atoms. The topological polar surface area (TPSA) is 57.5 Å². The van der Waals surface area contributed by atoms with E-state index >= 15 is 0 Å². The molecule has 2 aromatic carbocycles. The van der Waals surface area contributed by atoms with Crippen LogP contribution < -0.4 is 0 Å². The lowest BCUT2D eigenvalue weighted by Crippen LogP contribution is -1.99. The molecular formula is C19H21ClO3S. The monoisotopic (exact) mass is 364 g/mol. The van der Waals surface area contributed by atoms with Crippen LogP contribution in [-0.4, -0.2) is 21.9 Å². The number of carbonyl (C=O) groups is 1. The number of hydrogen-bond donors (Lipinski definition) is 2. The Bertz CT molecular complexity index is 733. The number of hydrogen-bond acceptors (Lipinski definition) is 3. The Morgan fingerprint density at radius 3 is 2.54 bits per heavy atom. The lowest BCUT2D eigenvalue weighted by molar-refractivity contribution is -0.133. The smallest absolute Gasteiger partial charge is 0.313 e. The number of halogens is 1. The van der Waals surface area contributed by atoms with Gasteiger partial charge in [0.25, 0.3) is 0 Å². The molecule has 0 bridgehead atoms. The summed E-state index contributed by atoms with van der Waals surface area (Å²) in [6, 6.07) is 9.44. The first-order chi connectivity index (χ1) is 11.3. The Kier molecular flexibility index (Phi) is 6.19. The molecular weight excluding hydrogens is 344 g/mol. The van der Waals surface area contributed by atoms with Crippen molar-refractivity contribution in [1.29, 1.82) is 0 Å². The molecule has 0 spiro atoms. The van der Waals surface area contributed by atoms with Gasteiger partial charge < -0.3 is 10.2 Å². The summed E-state index contributed by atoms with van der Waals surface area (Å²) in [5.41, 5.74) is 4.08. The van der Waals surface area contributed by atoms with E-state index in [0.717, 1.165) is 27.1 Å². The predicted molar refractivity (Wildman–Crippen MR) is 99.6 cm³/mol. The predicted octanol–water partition coefficient (Wildman–Crippen LogP) is 5.24. The van der Waals surface area contributed by atoms with Gasteiger partial charge in [-0.15, -0.1) is 11.8 Å². The van der Waals surface area contributed by atoms with Crippen LogP contribution in [0.15, 0.2) is 35.2 Å². The van der Waals surface area contributed by atoms with Crippen LogP contribution in [0.4, 0.5) is 0 Å². The van der Waals surface area contributed by atoms with Gasteiger partial charge in [0.2, 0.25) is 0 Å². The summed E-state index contributed by atoms with van der Waals surface area (Å²) in [5, 5.41) is 19.4. The van der Waals surface area contributed by atoms with Gasteiger partial charge in [0.1, 0.15) is 5.75 Å². The second-order valence-corrected chi connectivity index (χ2v) is 7.56. The van der Waals surface area contributed by atoms with Crippen LogP contribution in [-0.2, 0) is 11.2 Å². The summed E-state index contributed by atoms with van der Waals surface area (Å²) in [6.45, 7) is 6.08. The maximum atomic E-state index is 10.7. The number of phenols is 1. The maximum absolute atomic E-state index is 10.7. The van der Waals surface area contributed by atoms with Crippen molar-refractivity contribution in [3.63, 3.8) is 0 Å². The molecule has 0 aliphatic heterocycles. The van der Waals surface area contributed by atoms with Crippen LogP contribution in [0.2, 0.25) is 5.02 Å². The second-order valence-electron chi connectivity index (χ2n) is 6.11. The molecule has 2 rings (SSSR count). The number of benzene rings is 2. The molecule has 0 fully saturated rings. The number of aromatic hydroxyl groups is 1. The molecule has 0 heterocycles. The van der Waals surface area contributed by atoms with Crippen molar-refractivity contribution in [3.05, 3.63) is 57.6 Å². The summed E-state index contributed by atoms with van der Waals surface area (Å²) in [7, 11) is 0. The van der Waals surface area contributed by atoms with Crippen molar-refractivity contribution >= 4 is 29.3 Å². The van der Waals surface area contributed by atoms with E-state index in [9.17, 15) is 9.90 Å². The Morgan fingerprint density at radius 1 is 1.25 bits per heavy atom. The fraction of sp³-hybridized carbons (Fsp3) is 0.316. The Hall–Kier alpha value is -1.65. The summed E-state index contributed by atoms with van der Waals surface area (Å²) >= 11 is 7.69. The molecule has 0 aliphatic rings. The molecule has 3 nitrogen and oxygen atoms in total. The van der Waals surface area contributed by atoms with Crippen molar-refractivity contribution in [2.75, 3.05) is 5.75 Å². The van der Waals surface area contributed by atoms with Crippen molar-refractivity contribution in [1.82, 2.24) is 0 Å². The number of aryl methyl sites for hydroxylation is 1. The quantitative estimate of drug-likeness (QED) is 0.688. The first kappa shape index (κ1) is 18.7. The van der Waals surface area contributed by atoms with Gasteiger partial charge in [0.05, 0.1) is 5.75 Å². The molecule has 128 valence electrons. The molecule has 0 aromatic heterocycles. The van der Waals surface area contributed by atoms with Gasteiger partial charge in [-0.1, -0.05) is 37.6 Å². The SMILES string of the molecule is Cc1cc(SCC(=O)O)cc(Cl)c1Cc1ccc(O)c(C(C)C)c1. The van der Waals surface area contributed by atoms with Gasteiger partial charge in [-0.3, -0.25) is 4.79 Å². The Morgan fingerprint density at radius 2 is 1.96 bits per heavy atom. The van der Waals surface area contributed by atoms with Crippen LogP contribution in [0.25, 0.3) is 0 Å². The Labute approximate surface area is 151 Å².